The molecule has 2 aliphatic rings. The minimum Gasteiger partial charge on any atom is -0.351 e. The van der Waals surface area contributed by atoms with Gasteiger partial charge in [0.25, 0.3) is 0 Å². The van der Waals surface area contributed by atoms with Gasteiger partial charge in [-0.3, -0.25) is 4.79 Å². The molecule has 2 fully saturated rings. The highest BCUT2D eigenvalue weighted by Gasteiger charge is 2.48. The fourth-order valence-electron chi connectivity index (χ4n) is 2.40. The van der Waals surface area contributed by atoms with Crippen LogP contribution in [-0.2, 0) is 4.79 Å². The maximum absolute atomic E-state index is 12.0. The van der Waals surface area contributed by atoms with E-state index in [0.29, 0.717) is 17.9 Å². The molecule has 1 saturated heterocycles. The average Bonchev–Trinajstić information content (AvgIpc) is 3.02. The van der Waals surface area contributed by atoms with Gasteiger partial charge in [-0.05, 0) is 38.1 Å². The first-order valence-electron chi connectivity index (χ1n) is 6.19. The molecular weight excluding hydrogens is 224 g/mol. The second kappa shape index (κ2) is 5.37. The highest BCUT2D eigenvalue weighted by Crippen LogP contribution is 2.48. The van der Waals surface area contributed by atoms with Crippen LogP contribution in [0.25, 0.3) is 0 Å². The number of hydrogen-bond acceptors (Lipinski definition) is 2. The molecule has 94 valence electrons. The van der Waals surface area contributed by atoms with E-state index in [9.17, 15) is 4.79 Å². The quantitative estimate of drug-likeness (QED) is 0.796. The van der Waals surface area contributed by atoms with Crippen molar-refractivity contribution >= 4 is 18.3 Å². The van der Waals surface area contributed by atoms with E-state index in [0.717, 1.165) is 32.4 Å². The number of nitrogens with one attached hydrogen (secondary N) is 2. The molecule has 1 aliphatic carbocycles. The summed E-state index contributed by atoms with van der Waals surface area (Å²) in [6.07, 6.45) is 4.34. The molecule has 2 N–H and O–H groups in total. The van der Waals surface area contributed by atoms with Gasteiger partial charge in [0.05, 0.1) is 0 Å². The van der Waals surface area contributed by atoms with E-state index < -0.39 is 0 Å². The molecule has 0 radical (unpaired) electrons. The van der Waals surface area contributed by atoms with Crippen molar-refractivity contribution < 1.29 is 4.79 Å². The molecule has 1 heterocycles. The number of hydrogen-bond donors (Lipinski definition) is 2. The fraction of sp³-hybridized carbons (Fsp3) is 0.917. The van der Waals surface area contributed by atoms with E-state index in [4.69, 9.17) is 0 Å². The summed E-state index contributed by atoms with van der Waals surface area (Å²) in [7, 11) is 0. The third-order valence-corrected chi connectivity index (χ3v) is 4.16. The number of rotatable bonds is 3. The molecule has 2 atom stereocenters. The molecule has 1 saturated carbocycles. The Hall–Kier alpha value is -0.280. The van der Waals surface area contributed by atoms with Gasteiger partial charge in [-0.1, -0.05) is 13.8 Å². The molecule has 16 heavy (non-hydrogen) atoms. The molecule has 0 spiro atoms. The van der Waals surface area contributed by atoms with Crippen LogP contribution in [0.2, 0.25) is 0 Å². The zero-order valence-corrected chi connectivity index (χ0v) is 11.0. The maximum atomic E-state index is 12.0. The number of halogens is 1. The van der Waals surface area contributed by atoms with E-state index in [1.54, 1.807) is 0 Å². The largest absolute Gasteiger partial charge is 0.351 e. The highest BCUT2D eigenvalue weighted by atomic mass is 35.5. The summed E-state index contributed by atoms with van der Waals surface area (Å²) >= 11 is 0. The first kappa shape index (κ1) is 13.8. The zero-order chi connectivity index (χ0) is 10.9. The molecule has 2 unspecified atom stereocenters. The van der Waals surface area contributed by atoms with Gasteiger partial charge in [0.2, 0.25) is 5.91 Å². The normalized spacial score (nSPS) is 31.4. The topological polar surface area (TPSA) is 41.1 Å². The average molecular weight is 247 g/mol. The number of carbonyl (C=O) groups excluding carboxylic acids is 1. The summed E-state index contributed by atoms with van der Waals surface area (Å²) < 4.78 is 0. The summed E-state index contributed by atoms with van der Waals surface area (Å²) in [6.45, 7) is 6.38. The van der Waals surface area contributed by atoms with Crippen LogP contribution in [0.4, 0.5) is 0 Å². The summed E-state index contributed by atoms with van der Waals surface area (Å²) in [5, 5.41) is 6.57. The van der Waals surface area contributed by atoms with Crippen LogP contribution in [0.5, 0.6) is 0 Å². The minimum absolute atomic E-state index is 0. The number of piperidine rings is 1. The van der Waals surface area contributed by atoms with Gasteiger partial charge in [-0.15, -0.1) is 12.4 Å². The van der Waals surface area contributed by atoms with Crippen LogP contribution in [0.15, 0.2) is 0 Å². The predicted octanol–water partition coefficient (Wildman–Crippen LogP) is 1.71. The van der Waals surface area contributed by atoms with Crippen molar-refractivity contribution in [1.82, 2.24) is 10.6 Å². The lowest BCUT2D eigenvalue weighted by Crippen LogP contribution is -2.51. The Morgan fingerprint density at radius 1 is 1.50 bits per heavy atom. The molecule has 1 amide bonds. The van der Waals surface area contributed by atoms with Crippen LogP contribution in [0.3, 0.4) is 0 Å². The Bertz CT molecular complexity index is 253. The second-order valence-corrected chi connectivity index (χ2v) is 5.18. The molecule has 0 aromatic carbocycles. The third kappa shape index (κ3) is 2.69. The molecule has 0 aromatic heterocycles. The van der Waals surface area contributed by atoms with Crippen molar-refractivity contribution in [1.29, 1.82) is 0 Å². The van der Waals surface area contributed by atoms with Crippen molar-refractivity contribution in [2.24, 2.45) is 11.3 Å². The first-order valence-corrected chi connectivity index (χ1v) is 6.19. The van der Waals surface area contributed by atoms with Crippen LogP contribution < -0.4 is 10.6 Å². The molecule has 4 heteroatoms. The monoisotopic (exact) mass is 246 g/mol. The zero-order valence-electron chi connectivity index (χ0n) is 10.2. The molecule has 1 aliphatic heterocycles. The van der Waals surface area contributed by atoms with Crippen LogP contribution in [0, 0.1) is 11.3 Å². The van der Waals surface area contributed by atoms with Gasteiger partial charge in [0.15, 0.2) is 0 Å². The summed E-state index contributed by atoms with van der Waals surface area (Å²) in [6, 6.07) is 0.343. The molecule has 3 nitrogen and oxygen atoms in total. The Morgan fingerprint density at radius 3 is 2.69 bits per heavy atom. The Labute approximate surface area is 104 Å². The Balaban J connectivity index is 0.00000128. The summed E-state index contributed by atoms with van der Waals surface area (Å²) in [5.74, 6) is 0.911. The molecule has 0 aromatic rings. The molecular formula is C12H23ClN2O. The molecule has 0 bridgehead atoms. The second-order valence-electron chi connectivity index (χ2n) is 5.18. The van der Waals surface area contributed by atoms with Gasteiger partial charge in [-0.25, -0.2) is 0 Å². The van der Waals surface area contributed by atoms with E-state index >= 15 is 0 Å². The van der Waals surface area contributed by atoms with Gasteiger partial charge >= 0.3 is 0 Å². The van der Waals surface area contributed by atoms with Crippen molar-refractivity contribution in [2.45, 2.75) is 45.6 Å². The predicted molar refractivity (Wildman–Crippen MR) is 67.8 cm³/mol. The van der Waals surface area contributed by atoms with Crippen LogP contribution in [0.1, 0.15) is 39.5 Å². The maximum Gasteiger partial charge on any atom is 0.226 e. The van der Waals surface area contributed by atoms with Crippen molar-refractivity contribution in [3.05, 3.63) is 0 Å². The van der Waals surface area contributed by atoms with Crippen molar-refractivity contribution in [3.8, 4) is 0 Å². The summed E-state index contributed by atoms with van der Waals surface area (Å²) in [4.78, 5) is 12.0. The van der Waals surface area contributed by atoms with Gasteiger partial charge in [0.1, 0.15) is 0 Å². The van der Waals surface area contributed by atoms with Crippen molar-refractivity contribution in [3.63, 3.8) is 0 Å². The minimum atomic E-state index is 0. The van der Waals surface area contributed by atoms with E-state index in [-0.39, 0.29) is 17.8 Å². The van der Waals surface area contributed by atoms with E-state index in [1.165, 1.54) is 6.42 Å². The van der Waals surface area contributed by atoms with Gasteiger partial charge < -0.3 is 10.6 Å². The number of carbonyl (C=O) groups is 1. The molecule has 2 rings (SSSR count). The standard InChI is InChI=1S/C12H22N2O.ClH/c1-3-12(5-6-12)11(15)14-10-8-13-7-4-9(10)2;/h9-10,13H,3-8H2,1-2H3,(H,14,15);1H. The van der Waals surface area contributed by atoms with Crippen LogP contribution in [-0.4, -0.2) is 25.0 Å². The lowest BCUT2D eigenvalue weighted by atomic mass is 9.93. The van der Waals surface area contributed by atoms with Crippen molar-refractivity contribution in [2.75, 3.05) is 13.1 Å². The van der Waals surface area contributed by atoms with Gasteiger partial charge in [-0.2, -0.15) is 0 Å². The highest BCUT2D eigenvalue weighted by molar-refractivity contribution is 5.85. The fourth-order valence-corrected chi connectivity index (χ4v) is 2.40. The third-order valence-electron chi connectivity index (χ3n) is 4.16. The van der Waals surface area contributed by atoms with Gasteiger partial charge in [0, 0.05) is 18.0 Å². The lowest BCUT2D eigenvalue weighted by Gasteiger charge is -2.31. The smallest absolute Gasteiger partial charge is 0.226 e. The van der Waals surface area contributed by atoms with E-state index in [1.807, 2.05) is 0 Å². The Kier molecular flexibility index (Phi) is 4.62. The summed E-state index contributed by atoms with van der Waals surface area (Å²) in [5.41, 5.74) is 0.0111. The lowest BCUT2D eigenvalue weighted by molar-refractivity contribution is -0.127. The SMILES string of the molecule is CCC1(C(=O)NC2CNCCC2C)CC1.Cl. The van der Waals surface area contributed by atoms with Crippen LogP contribution >= 0.6 is 12.4 Å². The van der Waals surface area contributed by atoms with E-state index in [2.05, 4.69) is 24.5 Å². The number of amides is 1. The Morgan fingerprint density at radius 2 is 2.19 bits per heavy atom. The first-order chi connectivity index (χ1) is 7.18.